The van der Waals surface area contributed by atoms with E-state index in [1.807, 2.05) is 0 Å². The van der Waals surface area contributed by atoms with Gasteiger partial charge in [0.2, 0.25) is 5.91 Å². The van der Waals surface area contributed by atoms with Gasteiger partial charge in [0.25, 0.3) is 0 Å². The Labute approximate surface area is 149 Å². The maximum Gasteiger partial charge on any atom is 0.235 e. The highest BCUT2D eigenvalue weighted by Crippen LogP contribution is 2.33. The van der Waals surface area contributed by atoms with Crippen LogP contribution in [0.15, 0.2) is 29.2 Å². The van der Waals surface area contributed by atoms with Crippen LogP contribution in [-0.2, 0) is 14.6 Å². The summed E-state index contributed by atoms with van der Waals surface area (Å²) in [5, 5.41) is 3.44. The summed E-state index contributed by atoms with van der Waals surface area (Å²) in [6.07, 6.45) is 3.15. The Balaban J connectivity index is 2.04. The molecule has 0 aliphatic heterocycles. The van der Waals surface area contributed by atoms with Gasteiger partial charge in [-0.3, -0.25) is 4.79 Å². The fourth-order valence-electron chi connectivity index (χ4n) is 3.51. The van der Waals surface area contributed by atoms with E-state index in [1.165, 1.54) is 24.3 Å². The molecule has 0 saturated heterocycles. The highest BCUT2D eigenvalue weighted by atomic mass is 35.5. The molecule has 0 bridgehead atoms. The molecule has 1 N–H and O–H groups in total. The van der Waals surface area contributed by atoms with Gasteiger partial charge in [-0.1, -0.05) is 38.8 Å². The minimum Gasteiger partial charge on any atom is -0.352 e. The third kappa shape index (κ3) is 4.96. The second kappa shape index (κ2) is 7.87. The van der Waals surface area contributed by atoms with Crippen molar-refractivity contribution in [1.82, 2.24) is 5.32 Å². The molecule has 1 fully saturated rings. The molecule has 2 rings (SSSR count). The second-order valence-corrected chi connectivity index (χ2v) is 9.64. The molecule has 4 nitrogen and oxygen atoms in total. The van der Waals surface area contributed by atoms with Crippen molar-refractivity contribution >= 4 is 27.3 Å². The lowest BCUT2D eigenvalue weighted by Crippen LogP contribution is -2.47. The van der Waals surface area contributed by atoms with E-state index in [4.69, 9.17) is 11.6 Å². The predicted molar refractivity (Wildman–Crippen MR) is 96.8 cm³/mol. The molecule has 0 spiro atoms. The van der Waals surface area contributed by atoms with Gasteiger partial charge in [-0.05, 0) is 54.9 Å². The Bertz CT molecular complexity index is 670. The number of carbonyl (C=O) groups is 1. The van der Waals surface area contributed by atoms with Crippen LogP contribution in [0.5, 0.6) is 0 Å². The summed E-state index contributed by atoms with van der Waals surface area (Å²) in [5.74, 6) is 0.483. The summed E-state index contributed by atoms with van der Waals surface area (Å²) in [4.78, 5) is 12.5. The van der Waals surface area contributed by atoms with Gasteiger partial charge in [-0.2, -0.15) is 0 Å². The first kappa shape index (κ1) is 19.3. The smallest absolute Gasteiger partial charge is 0.235 e. The van der Waals surface area contributed by atoms with Crippen molar-refractivity contribution in [2.45, 2.75) is 51.0 Å². The lowest BCUT2D eigenvalue weighted by molar-refractivity contribution is -0.120. The molecule has 3 unspecified atom stereocenters. The van der Waals surface area contributed by atoms with Crippen molar-refractivity contribution < 1.29 is 13.2 Å². The van der Waals surface area contributed by atoms with Gasteiger partial charge in [0.15, 0.2) is 9.84 Å². The van der Waals surface area contributed by atoms with Crippen LogP contribution in [0.2, 0.25) is 5.02 Å². The quantitative estimate of drug-likeness (QED) is 0.858. The van der Waals surface area contributed by atoms with Gasteiger partial charge in [-0.25, -0.2) is 8.42 Å². The number of carbonyl (C=O) groups excluding carboxylic acids is 1. The zero-order valence-corrected chi connectivity index (χ0v) is 16.0. The van der Waals surface area contributed by atoms with E-state index in [0.717, 1.165) is 19.3 Å². The van der Waals surface area contributed by atoms with Gasteiger partial charge >= 0.3 is 0 Å². The molecule has 0 radical (unpaired) electrons. The van der Waals surface area contributed by atoms with Gasteiger partial charge in [0.1, 0.15) is 5.75 Å². The molecule has 134 valence electrons. The number of hydrogen-bond donors (Lipinski definition) is 1. The van der Waals surface area contributed by atoms with Crippen molar-refractivity contribution in [3.05, 3.63) is 29.3 Å². The summed E-state index contributed by atoms with van der Waals surface area (Å²) in [5.41, 5.74) is 0. The number of hydrogen-bond acceptors (Lipinski definition) is 3. The first-order valence-corrected chi connectivity index (χ1v) is 10.5. The molecule has 1 aliphatic carbocycles. The summed E-state index contributed by atoms with van der Waals surface area (Å²) >= 11 is 5.78. The largest absolute Gasteiger partial charge is 0.352 e. The fourth-order valence-corrected chi connectivity index (χ4v) is 4.79. The number of amides is 1. The summed E-state index contributed by atoms with van der Waals surface area (Å²) in [7, 11) is -3.65. The number of sulfone groups is 1. The SMILES string of the molecule is CC1CCC(C(C)C)C(NC(=O)CS(=O)(=O)c2ccc(Cl)cc2)C1. The van der Waals surface area contributed by atoms with E-state index in [1.54, 1.807) is 0 Å². The normalized spacial score (nSPS) is 24.8. The van der Waals surface area contributed by atoms with Crippen LogP contribution in [0, 0.1) is 17.8 Å². The minimum absolute atomic E-state index is 0.0571. The van der Waals surface area contributed by atoms with Crippen LogP contribution >= 0.6 is 11.6 Å². The molecule has 0 heterocycles. The summed E-state index contributed by atoms with van der Waals surface area (Å²) < 4.78 is 24.7. The van der Waals surface area contributed by atoms with Crippen molar-refractivity contribution in [2.75, 3.05) is 5.75 Å². The molecule has 1 aliphatic rings. The van der Waals surface area contributed by atoms with E-state index in [9.17, 15) is 13.2 Å². The van der Waals surface area contributed by atoms with Gasteiger partial charge in [0, 0.05) is 11.1 Å². The van der Waals surface area contributed by atoms with E-state index >= 15 is 0 Å². The molecule has 1 saturated carbocycles. The molecule has 3 atom stereocenters. The molecule has 0 aromatic heterocycles. The van der Waals surface area contributed by atoms with Crippen molar-refractivity contribution in [3.8, 4) is 0 Å². The Morgan fingerprint density at radius 2 is 1.88 bits per heavy atom. The molecule has 1 amide bonds. The van der Waals surface area contributed by atoms with Gasteiger partial charge in [-0.15, -0.1) is 0 Å². The number of halogens is 1. The standard InChI is InChI=1S/C18H26ClNO3S/c1-12(2)16-9-4-13(3)10-17(16)20-18(21)11-24(22,23)15-7-5-14(19)6-8-15/h5-8,12-13,16-17H,4,9-11H2,1-3H3,(H,20,21). The first-order valence-electron chi connectivity index (χ1n) is 8.46. The van der Waals surface area contributed by atoms with Crippen molar-refractivity contribution in [2.24, 2.45) is 17.8 Å². The third-order valence-corrected chi connectivity index (χ3v) is 6.75. The average molecular weight is 372 g/mol. The van der Waals surface area contributed by atoms with Crippen LogP contribution in [0.4, 0.5) is 0 Å². The van der Waals surface area contributed by atoms with Crippen LogP contribution < -0.4 is 5.32 Å². The Hall–Kier alpha value is -1.07. The topological polar surface area (TPSA) is 63.2 Å². The summed E-state index contributed by atoms with van der Waals surface area (Å²) in [6.45, 7) is 6.49. The Morgan fingerprint density at radius 1 is 1.25 bits per heavy atom. The van der Waals surface area contributed by atoms with Crippen LogP contribution in [0.1, 0.15) is 40.0 Å². The first-order chi connectivity index (χ1) is 11.2. The highest BCUT2D eigenvalue weighted by Gasteiger charge is 2.32. The lowest BCUT2D eigenvalue weighted by Gasteiger charge is -2.37. The zero-order valence-electron chi connectivity index (χ0n) is 14.5. The molecular weight excluding hydrogens is 346 g/mol. The van der Waals surface area contributed by atoms with E-state index in [-0.39, 0.29) is 10.9 Å². The predicted octanol–water partition coefficient (Wildman–Crippen LogP) is 3.69. The lowest BCUT2D eigenvalue weighted by atomic mass is 9.74. The third-order valence-electron chi connectivity index (χ3n) is 4.86. The maximum absolute atomic E-state index is 12.4. The number of rotatable bonds is 5. The molecule has 24 heavy (non-hydrogen) atoms. The molecule has 1 aromatic rings. The van der Waals surface area contributed by atoms with Crippen LogP contribution in [0.25, 0.3) is 0 Å². The van der Waals surface area contributed by atoms with Gasteiger partial charge in [0.05, 0.1) is 4.90 Å². The van der Waals surface area contributed by atoms with E-state index in [0.29, 0.717) is 22.8 Å². The second-order valence-electron chi connectivity index (χ2n) is 7.21. The van der Waals surface area contributed by atoms with Crippen LogP contribution in [-0.4, -0.2) is 26.1 Å². The maximum atomic E-state index is 12.4. The minimum atomic E-state index is -3.65. The molecule has 1 aromatic carbocycles. The summed E-state index contributed by atoms with van der Waals surface area (Å²) in [6, 6.07) is 5.96. The number of nitrogens with one attached hydrogen (secondary N) is 1. The Kier molecular flexibility index (Phi) is 6.32. The average Bonchev–Trinajstić information content (AvgIpc) is 2.46. The monoisotopic (exact) mass is 371 g/mol. The number of benzene rings is 1. The van der Waals surface area contributed by atoms with E-state index < -0.39 is 21.5 Å². The zero-order chi connectivity index (χ0) is 17.9. The molecule has 6 heteroatoms. The Morgan fingerprint density at radius 3 is 2.46 bits per heavy atom. The fraction of sp³-hybridized carbons (Fsp3) is 0.611. The van der Waals surface area contributed by atoms with Crippen LogP contribution in [0.3, 0.4) is 0 Å². The van der Waals surface area contributed by atoms with Crippen molar-refractivity contribution in [1.29, 1.82) is 0 Å². The molecular formula is C18H26ClNO3S. The van der Waals surface area contributed by atoms with Crippen molar-refractivity contribution in [3.63, 3.8) is 0 Å². The highest BCUT2D eigenvalue weighted by molar-refractivity contribution is 7.92. The van der Waals surface area contributed by atoms with E-state index in [2.05, 4.69) is 26.1 Å². The van der Waals surface area contributed by atoms with Gasteiger partial charge < -0.3 is 5.32 Å².